The summed E-state index contributed by atoms with van der Waals surface area (Å²) in [5.41, 5.74) is 6.65. The van der Waals surface area contributed by atoms with E-state index >= 15 is 0 Å². The van der Waals surface area contributed by atoms with Gasteiger partial charge in [0.1, 0.15) is 6.61 Å². The summed E-state index contributed by atoms with van der Waals surface area (Å²) in [6.45, 7) is 0.677. The average molecular weight is 413 g/mol. The summed E-state index contributed by atoms with van der Waals surface area (Å²) in [5, 5.41) is 9.43. The lowest BCUT2D eigenvalue weighted by atomic mass is 9.91. The van der Waals surface area contributed by atoms with Crippen LogP contribution in [0.25, 0.3) is 11.1 Å². The number of carboxylic acids is 1. The number of benzene rings is 3. The number of rotatable bonds is 4. The summed E-state index contributed by atoms with van der Waals surface area (Å²) in [7, 11) is 0. The summed E-state index contributed by atoms with van der Waals surface area (Å²) < 4.78 is 5.80. The second-order valence-corrected chi connectivity index (χ2v) is 8.06. The van der Waals surface area contributed by atoms with Gasteiger partial charge in [-0.15, -0.1) is 0 Å². The second kappa shape index (κ2) is 7.91. The Bertz CT molecular complexity index is 1110. The first-order chi connectivity index (χ1) is 15.1. The van der Waals surface area contributed by atoms with Gasteiger partial charge in [-0.3, -0.25) is 4.79 Å². The van der Waals surface area contributed by atoms with Gasteiger partial charge in [-0.2, -0.15) is 0 Å². The number of amides is 1. The maximum Gasteiger partial charge on any atom is 0.410 e. The van der Waals surface area contributed by atoms with E-state index in [-0.39, 0.29) is 18.9 Å². The number of carbonyl (C=O) groups is 2. The lowest BCUT2D eigenvalue weighted by Gasteiger charge is -2.36. The van der Waals surface area contributed by atoms with Gasteiger partial charge in [0, 0.05) is 12.5 Å². The molecule has 0 spiro atoms. The van der Waals surface area contributed by atoms with Crippen LogP contribution in [0.3, 0.4) is 0 Å². The van der Waals surface area contributed by atoms with E-state index in [2.05, 4.69) is 24.3 Å². The number of fused-ring (bicyclic) bond motifs is 4. The van der Waals surface area contributed by atoms with Crippen LogP contribution in [0.1, 0.15) is 40.6 Å². The molecule has 2 aliphatic rings. The van der Waals surface area contributed by atoms with Crippen molar-refractivity contribution in [2.24, 2.45) is 0 Å². The zero-order valence-electron chi connectivity index (χ0n) is 17.0. The van der Waals surface area contributed by atoms with Crippen molar-refractivity contribution in [2.45, 2.75) is 24.8 Å². The highest BCUT2D eigenvalue weighted by Crippen LogP contribution is 2.44. The number of hydrogen-bond acceptors (Lipinski definition) is 3. The quantitative estimate of drug-likeness (QED) is 0.653. The van der Waals surface area contributed by atoms with Crippen molar-refractivity contribution in [3.8, 4) is 11.1 Å². The third-order valence-electron chi connectivity index (χ3n) is 6.35. The fraction of sp³-hybridized carbons (Fsp3) is 0.231. The molecule has 156 valence electrons. The van der Waals surface area contributed by atoms with Gasteiger partial charge in [0.25, 0.3) is 0 Å². The molecule has 1 N–H and O–H groups in total. The summed E-state index contributed by atoms with van der Waals surface area (Å²) in [4.78, 5) is 26.2. The summed E-state index contributed by atoms with van der Waals surface area (Å²) in [6.07, 6.45) is 0.0974. The molecule has 1 atom stereocenters. The molecule has 0 aromatic heterocycles. The first-order valence-electron chi connectivity index (χ1n) is 10.5. The van der Waals surface area contributed by atoms with Crippen LogP contribution in [0.15, 0.2) is 72.8 Å². The van der Waals surface area contributed by atoms with Crippen LogP contribution in [-0.4, -0.2) is 35.2 Å². The lowest BCUT2D eigenvalue weighted by Crippen LogP contribution is -2.41. The Morgan fingerprint density at radius 3 is 2.10 bits per heavy atom. The molecule has 0 saturated heterocycles. The number of hydrogen-bond donors (Lipinski definition) is 1. The normalized spacial score (nSPS) is 16.9. The molecule has 5 heteroatoms. The standard InChI is InChI=1S/C26H23NO4/c28-25(29)15-24-18-8-2-1-7-17(18)13-14-27(24)26(30)31-16-23-21-11-5-3-9-19(21)20-10-4-6-12-22(20)23/h1-12,23-24H,13-16H2,(H,28,29)/t24-/m1/s1. The number of ether oxygens (including phenoxy) is 1. The average Bonchev–Trinajstić information content (AvgIpc) is 3.11. The van der Waals surface area contributed by atoms with Crippen molar-refractivity contribution in [1.29, 1.82) is 0 Å². The van der Waals surface area contributed by atoms with Crippen LogP contribution >= 0.6 is 0 Å². The molecule has 0 bridgehead atoms. The molecule has 3 aromatic carbocycles. The van der Waals surface area contributed by atoms with Gasteiger partial charge in [0.2, 0.25) is 0 Å². The maximum atomic E-state index is 13.1. The number of carboxylic acid groups (broad SMARTS) is 1. The molecule has 0 unspecified atom stereocenters. The molecular weight excluding hydrogens is 390 g/mol. The fourth-order valence-electron chi connectivity index (χ4n) is 4.93. The zero-order chi connectivity index (χ0) is 21.4. The van der Waals surface area contributed by atoms with E-state index in [0.717, 1.165) is 22.3 Å². The highest BCUT2D eigenvalue weighted by Gasteiger charge is 2.35. The molecule has 1 aliphatic heterocycles. The number of carbonyl (C=O) groups excluding carboxylic acids is 1. The third-order valence-corrected chi connectivity index (χ3v) is 6.35. The predicted octanol–water partition coefficient (Wildman–Crippen LogP) is 5.01. The van der Waals surface area contributed by atoms with Crippen molar-refractivity contribution in [3.05, 3.63) is 95.1 Å². The predicted molar refractivity (Wildman–Crippen MR) is 117 cm³/mol. The van der Waals surface area contributed by atoms with Gasteiger partial charge in [0.05, 0.1) is 12.5 Å². The Morgan fingerprint density at radius 2 is 1.45 bits per heavy atom. The number of aliphatic carboxylic acids is 1. The minimum atomic E-state index is -0.932. The van der Waals surface area contributed by atoms with E-state index in [9.17, 15) is 14.7 Å². The first-order valence-corrected chi connectivity index (χ1v) is 10.5. The Labute approximate surface area is 180 Å². The van der Waals surface area contributed by atoms with Crippen LogP contribution < -0.4 is 0 Å². The second-order valence-electron chi connectivity index (χ2n) is 8.06. The van der Waals surface area contributed by atoms with Crippen LogP contribution in [0, 0.1) is 0 Å². The van der Waals surface area contributed by atoms with Crippen LogP contribution in [0.4, 0.5) is 4.79 Å². The van der Waals surface area contributed by atoms with Crippen molar-refractivity contribution in [2.75, 3.05) is 13.2 Å². The molecule has 31 heavy (non-hydrogen) atoms. The van der Waals surface area contributed by atoms with Crippen molar-refractivity contribution in [3.63, 3.8) is 0 Å². The van der Waals surface area contributed by atoms with E-state index in [0.29, 0.717) is 13.0 Å². The maximum absolute atomic E-state index is 13.1. The molecule has 3 aromatic rings. The smallest absolute Gasteiger partial charge is 0.410 e. The van der Waals surface area contributed by atoms with Gasteiger partial charge >= 0.3 is 12.1 Å². The van der Waals surface area contributed by atoms with Gasteiger partial charge in [0.15, 0.2) is 0 Å². The Morgan fingerprint density at radius 1 is 0.871 bits per heavy atom. The SMILES string of the molecule is O=C(O)C[C@@H]1c2ccccc2CCN1C(=O)OCC1c2ccccc2-c2ccccc21. The van der Waals surface area contributed by atoms with Crippen molar-refractivity contribution >= 4 is 12.1 Å². The van der Waals surface area contributed by atoms with E-state index in [1.54, 1.807) is 4.90 Å². The monoisotopic (exact) mass is 413 g/mol. The molecule has 1 heterocycles. The molecule has 0 fully saturated rings. The molecular formula is C26H23NO4. The molecule has 5 nitrogen and oxygen atoms in total. The van der Waals surface area contributed by atoms with Gasteiger partial charge in [-0.1, -0.05) is 72.8 Å². The fourth-order valence-corrected chi connectivity index (χ4v) is 4.93. The van der Waals surface area contributed by atoms with Crippen LogP contribution in [0.2, 0.25) is 0 Å². The van der Waals surface area contributed by atoms with E-state index < -0.39 is 18.1 Å². The Balaban J connectivity index is 1.38. The first kappa shape index (κ1) is 19.4. The molecule has 5 rings (SSSR count). The van der Waals surface area contributed by atoms with Gasteiger partial charge in [-0.25, -0.2) is 4.79 Å². The summed E-state index contributed by atoms with van der Waals surface area (Å²) in [5.74, 6) is -0.954. The Kier molecular flexibility index (Phi) is 4.94. The summed E-state index contributed by atoms with van der Waals surface area (Å²) in [6, 6.07) is 23.6. The van der Waals surface area contributed by atoms with Crippen molar-refractivity contribution in [1.82, 2.24) is 4.90 Å². The highest BCUT2D eigenvalue weighted by atomic mass is 16.6. The molecule has 0 radical (unpaired) electrons. The minimum Gasteiger partial charge on any atom is -0.481 e. The zero-order valence-corrected chi connectivity index (χ0v) is 17.0. The van der Waals surface area contributed by atoms with E-state index in [4.69, 9.17) is 4.74 Å². The molecule has 1 aliphatic carbocycles. The lowest BCUT2D eigenvalue weighted by molar-refractivity contribution is -0.138. The van der Waals surface area contributed by atoms with Gasteiger partial charge in [-0.05, 0) is 39.8 Å². The minimum absolute atomic E-state index is 0.0219. The topological polar surface area (TPSA) is 66.8 Å². The number of nitrogens with zero attached hydrogens (tertiary/aromatic N) is 1. The van der Waals surface area contributed by atoms with Crippen LogP contribution in [-0.2, 0) is 16.0 Å². The van der Waals surface area contributed by atoms with Crippen LogP contribution in [0.5, 0.6) is 0 Å². The molecule has 0 saturated carbocycles. The van der Waals surface area contributed by atoms with Crippen molar-refractivity contribution < 1.29 is 19.4 Å². The summed E-state index contributed by atoms with van der Waals surface area (Å²) >= 11 is 0. The van der Waals surface area contributed by atoms with E-state index in [1.807, 2.05) is 48.5 Å². The Hall–Kier alpha value is -3.60. The van der Waals surface area contributed by atoms with E-state index in [1.165, 1.54) is 11.1 Å². The van der Waals surface area contributed by atoms with Gasteiger partial charge < -0.3 is 14.7 Å². The third kappa shape index (κ3) is 3.46. The largest absolute Gasteiger partial charge is 0.481 e. The highest BCUT2D eigenvalue weighted by molar-refractivity contribution is 5.79. The molecule has 1 amide bonds.